The van der Waals surface area contributed by atoms with Crippen molar-refractivity contribution in [2.75, 3.05) is 0 Å². The van der Waals surface area contributed by atoms with Crippen molar-refractivity contribution in [3.05, 3.63) is 131 Å². The molecule has 5 nitrogen and oxygen atoms in total. The molecule has 0 saturated carbocycles. The van der Waals surface area contributed by atoms with Gasteiger partial charge in [0, 0.05) is 45.5 Å². The Morgan fingerprint density at radius 3 is 1.81 bits per heavy atom. The van der Waals surface area contributed by atoms with Crippen molar-refractivity contribution in [1.82, 2.24) is 19.3 Å². The van der Waals surface area contributed by atoms with Crippen molar-refractivity contribution < 1.29 is 17.9 Å². The van der Waals surface area contributed by atoms with Crippen molar-refractivity contribution in [3.8, 4) is 34.1 Å². The first-order valence-electron chi connectivity index (χ1n) is 19.6. The molecule has 0 N–H and O–H groups in total. The average molecular weight is 771 g/mol. The minimum absolute atomic E-state index is 0.0302. The fourth-order valence-electron chi connectivity index (χ4n) is 7.54. The van der Waals surface area contributed by atoms with Crippen LogP contribution in [-0.2, 0) is 27.8 Å². The van der Waals surface area contributed by atoms with E-state index in [4.69, 9.17) is 9.84 Å². The zero-order valence-electron chi connectivity index (χ0n) is 35.1. The summed E-state index contributed by atoms with van der Waals surface area (Å²) in [6.45, 7) is 26.6. The largest absolute Gasteiger partial charge is 0.457 e. The van der Waals surface area contributed by atoms with Crippen LogP contribution in [0.15, 0.2) is 103 Å². The first-order valence-corrected chi connectivity index (χ1v) is 19.6. The molecule has 8 heteroatoms. The van der Waals surface area contributed by atoms with Crippen LogP contribution in [0, 0.1) is 0 Å². The molecule has 0 fully saturated rings. The third-order valence-corrected chi connectivity index (χ3v) is 10.5. The molecule has 0 aliphatic rings. The van der Waals surface area contributed by atoms with Gasteiger partial charge in [0.1, 0.15) is 17.3 Å². The number of fused-ring (bicyclic) bond motifs is 3. The zero-order chi connectivity index (χ0) is 41.5. The van der Waals surface area contributed by atoms with Crippen molar-refractivity contribution in [2.24, 2.45) is 0 Å². The first-order chi connectivity index (χ1) is 26.4. The summed E-state index contributed by atoms with van der Waals surface area (Å²) in [6, 6.07) is 30.7. The summed E-state index contributed by atoms with van der Waals surface area (Å²) < 4.78 is 52.2. The number of hydrogen-bond acceptors (Lipinski definition) is 3. The van der Waals surface area contributed by atoms with Crippen molar-refractivity contribution in [2.45, 2.75) is 111 Å². The summed E-state index contributed by atoms with van der Waals surface area (Å²) in [5.74, 6) is 1.35. The van der Waals surface area contributed by atoms with Crippen molar-refractivity contribution >= 4 is 21.8 Å². The maximum atomic E-state index is 13.9. The highest BCUT2D eigenvalue weighted by Crippen LogP contribution is 2.44. The lowest BCUT2D eigenvalue weighted by Crippen LogP contribution is -2.19. The van der Waals surface area contributed by atoms with Crippen LogP contribution in [0.5, 0.6) is 11.5 Å². The van der Waals surface area contributed by atoms with Gasteiger partial charge >= 0.3 is 6.18 Å². The van der Waals surface area contributed by atoms with Gasteiger partial charge in [-0.05, 0) is 70.0 Å². The van der Waals surface area contributed by atoms with Gasteiger partial charge in [0.2, 0.25) is 0 Å². The molecule has 57 heavy (non-hydrogen) atoms. The third-order valence-electron chi connectivity index (χ3n) is 10.5. The predicted molar refractivity (Wildman–Crippen MR) is 227 cm³/mol. The molecule has 3 heterocycles. The third kappa shape index (κ3) is 7.71. The molecule has 0 saturated heterocycles. The normalized spacial score (nSPS) is 13.2. The number of rotatable bonds is 5. The molecule has 7 rings (SSSR count). The number of halogens is 3. The van der Waals surface area contributed by atoms with Crippen LogP contribution in [0.25, 0.3) is 44.4 Å². The second kappa shape index (κ2) is 13.6. The van der Waals surface area contributed by atoms with E-state index in [-0.39, 0.29) is 27.5 Å². The summed E-state index contributed by atoms with van der Waals surface area (Å²) in [6.07, 6.45) is -3.30. The number of alkyl halides is 3. The fourth-order valence-corrected chi connectivity index (χ4v) is 7.54. The second-order valence-corrected chi connectivity index (χ2v) is 19.3. The minimum Gasteiger partial charge on any atom is -0.457 e. The minimum atomic E-state index is -4.51. The Hall–Kier alpha value is -5.37. The Labute approximate surface area is 334 Å². The lowest BCUT2D eigenvalue weighted by molar-refractivity contribution is -0.137. The quantitative estimate of drug-likeness (QED) is 0.175. The zero-order valence-corrected chi connectivity index (χ0v) is 35.1. The van der Waals surface area contributed by atoms with Crippen LogP contribution in [0.2, 0.25) is 0 Å². The van der Waals surface area contributed by atoms with Gasteiger partial charge in [-0.25, -0.2) is 9.67 Å². The molecule has 3 aromatic heterocycles. The van der Waals surface area contributed by atoms with Gasteiger partial charge < -0.3 is 4.74 Å². The van der Waals surface area contributed by atoms with Crippen LogP contribution in [0.4, 0.5) is 13.2 Å². The first kappa shape index (κ1) is 39.8. The summed E-state index contributed by atoms with van der Waals surface area (Å²) in [5, 5.41) is 7.23. The SMILES string of the molecule is CC(C)(C)c1ccc(-c2c(C(C)(C)C)nn(-c3cc(Oc4ccc5c6ccccc6n(-c6cc(C(F)(F)F)ccn6)c5c4)cc(C(C)(C)C)c3)c2C(C)(C)C)cc1. The van der Waals surface area contributed by atoms with E-state index in [1.54, 1.807) is 4.57 Å². The topological polar surface area (TPSA) is 44.9 Å². The van der Waals surface area contributed by atoms with Crippen LogP contribution in [0.3, 0.4) is 0 Å². The number of benzene rings is 4. The lowest BCUT2D eigenvalue weighted by atomic mass is 9.80. The van der Waals surface area contributed by atoms with Crippen LogP contribution >= 0.6 is 0 Å². The summed E-state index contributed by atoms with van der Waals surface area (Å²) in [7, 11) is 0. The smallest absolute Gasteiger partial charge is 0.416 e. The lowest BCUT2D eigenvalue weighted by Gasteiger charge is -2.26. The van der Waals surface area contributed by atoms with Crippen molar-refractivity contribution in [3.63, 3.8) is 0 Å². The number of aromatic nitrogens is 4. The molecule has 0 aliphatic carbocycles. The maximum absolute atomic E-state index is 13.9. The number of para-hydroxylation sites is 1. The highest BCUT2D eigenvalue weighted by Gasteiger charge is 2.35. The van der Waals surface area contributed by atoms with Crippen molar-refractivity contribution in [1.29, 1.82) is 0 Å². The standard InChI is InChI=1S/C49H53F3N4O/c1-45(2,3)31-19-17-30(18-20-31)42-43(47(7,8)9)54-56(44(42)48(10,11)12)34-25-33(46(4,5)6)26-36(28-34)57-35-21-22-38-37-15-13-14-16-39(37)55(40(38)29-35)41-27-32(23-24-53-41)49(50,51)52/h13-29H,1-12H3. The Morgan fingerprint density at radius 1 is 0.544 bits per heavy atom. The van der Waals surface area contributed by atoms with Gasteiger partial charge in [-0.2, -0.15) is 18.3 Å². The number of pyridine rings is 1. The highest BCUT2D eigenvalue weighted by atomic mass is 19.4. The summed E-state index contributed by atoms with van der Waals surface area (Å²) in [5.41, 5.74) is 7.55. The molecule has 0 atom stereocenters. The summed E-state index contributed by atoms with van der Waals surface area (Å²) in [4.78, 5) is 4.40. The van der Waals surface area contributed by atoms with Crippen LogP contribution < -0.4 is 4.74 Å². The maximum Gasteiger partial charge on any atom is 0.416 e. The average Bonchev–Trinajstić information content (AvgIpc) is 3.68. The number of ether oxygens (including phenoxy) is 1. The van der Waals surface area contributed by atoms with E-state index in [1.807, 2.05) is 48.5 Å². The second-order valence-electron chi connectivity index (χ2n) is 19.3. The summed E-state index contributed by atoms with van der Waals surface area (Å²) >= 11 is 0. The van der Waals surface area contributed by atoms with Gasteiger partial charge in [-0.15, -0.1) is 0 Å². The molecular formula is C49H53F3N4O. The van der Waals surface area contributed by atoms with Crippen LogP contribution in [0.1, 0.15) is 111 Å². The van der Waals surface area contributed by atoms with Crippen LogP contribution in [-0.4, -0.2) is 19.3 Å². The molecule has 0 aliphatic heterocycles. The van der Waals surface area contributed by atoms with Gasteiger partial charge in [0.15, 0.2) is 0 Å². The van der Waals surface area contributed by atoms with Gasteiger partial charge in [-0.3, -0.25) is 4.57 Å². The molecule has 7 aromatic rings. The molecule has 0 bridgehead atoms. The highest BCUT2D eigenvalue weighted by molar-refractivity contribution is 6.09. The molecule has 296 valence electrons. The Balaban J connectivity index is 1.41. The number of nitrogens with zero attached hydrogens (tertiary/aromatic N) is 4. The van der Waals surface area contributed by atoms with E-state index in [0.29, 0.717) is 17.0 Å². The Kier molecular flexibility index (Phi) is 9.53. The molecule has 0 radical (unpaired) electrons. The number of hydrogen-bond donors (Lipinski definition) is 0. The van der Waals surface area contributed by atoms with E-state index >= 15 is 0 Å². The van der Waals surface area contributed by atoms with E-state index in [0.717, 1.165) is 62.2 Å². The molecule has 0 amide bonds. The van der Waals surface area contributed by atoms with Gasteiger partial charge in [-0.1, -0.05) is 126 Å². The van der Waals surface area contributed by atoms with E-state index in [1.165, 1.54) is 11.8 Å². The van der Waals surface area contributed by atoms with Gasteiger partial charge in [0.25, 0.3) is 0 Å². The Bertz CT molecular complexity index is 2620. The Morgan fingerprint density at radius 2 is 1.19 bits per heavy atom. The molecule has 0 spiro atoms. The van der Waals surface area contributed by atoms with E-state index < -0.39 is 11.7 Å². The van der Waals surface area contributed by atoms with E-state index in [9.17, 15) is 13.2 Å². The molecular weight excluding hydrogens is 718 g/mol. The fraction of sp³-hybridized carbons (Fsp3) is 0.347. The molecule has 0 unspecified atom stereocenters. The van der Waals surface area contributed by atoms with Gasteiger partial charge in [0.05, 0.1) is 33.7 Å². The predicted octanol–water partition coefficient (Wildman–Crippen LogP) is 14.0. The van der Waals surface area contributed by atoms with E-state index in [2.05, 4.69) is 129 Å². The molecule has 4 aromatic carbocycles. The monoisotopic (exact) mass is 770 g/mol.